The van der Waals surface area contributed by atoms with Crippen molar-refractivity contribution in [3.8, 4) is 0 Å². The lowest BCUT2D eigenvalue weighted by atomic mass is 10.1. The molecule has 0 spiro atoms. The fourth-order valence-electron chi connectivity index (χ4n) is 12.9. The maximum Gasteiger partial charge on any atom is 0.265 e. The highest BCUT2D eigenvalue weighted by Gasteiger charge is 2.40. The molecule has 6 heterocycles. The maximum absolute atomic E-state index is 12.4. The summed E-state index contributed by atoms with van der Waals surface area (Å²) >= 11 is 0. The lowest BCUT2D eigenvalue weighted by molar-refractivity contribution is 0.586. The SMILES string of the molecule is CC(C)N1c2cccc3cccc(c23)S1(=O)=O.CC(C)N1c2cccc3cccc(c23)S1(=O)=O.CC(C)N1c2cccc3cccc(c23)S1(=O)=O.O=S1(=O)Nc2cccc3cccc1c23.O=S1(=O)Nc2cccc3cccc1c23.O=S1(=O)Nc2cccc3cccc1c23. The van der Waals surface area contributed by atoms with Gasteiger partial charge in [-0.1, -0.05) is 146 Å². The molecule has 18 nitrogen and oxygen atoms in total. The van der Waals surface area contributed by atoms with Crippen molar-refractivity contribution in [2.75, 3.05) is 27.1 Å². The quantitative estimate of drug-likeness (QED) is 0.149. The number of hydrogen-bond acceptors (Lipinski definition) is 12. The van der Waals surface area contributed by atoms with Gasteiger partial charge in [0.05, 0.1) is 63.5 Å². The standard InChI is InChI=1S/3C13H13NO2S.3C10H7NO2S/c3*1-9(2)14-11-7-3-5-10-6-4-8-12(13(10)11)17(14,15)16;3*12-14(13)9-6-2-4-7-3-1-5-8(11-14)10(7)9/h3*3-9H,1-2H3;3*1-6,11H. The highest BCUT2D eigenvalue weighted by atomic mass is 32.2. The molecule has 93 heavy (non-hydrogen) atoms. The third-order valence-electron chi connectivity index (χ3n) is 16.5. The first-order valence-corrected chi connectivity index (χ1v) is 38.2. The first-order valence-electron chi connectivity index (χ1n) is 29.5. The molecule has 0 fully saturated rings. The third kappa shape index (κ3) is 10.4. The van der Waals surface area contributed by atoms with E-state index >= 15 is 0 Å². The van der Waals surface area contributed by atoms with Gasteiger partial charge >= 0.3 is 0 Å². The first kappa shape index (κ1) is 62.5. The van der Waals surface area contributed by atoms with E-state index in [0.29, 0.717) is 46.4 Å². The molecule has 3 N–H and O–H groups in total. The van der Waals surface area contributed by atoms with E-state index in [9.17, 15) is 50.5 Å². The summed E-state index contributed by atoms with van der Waals surface area (Å²) in [5.41, 5.74) is 4.43. The summed E-state index contributed by atoms with van der Waals surface area (Å²) in [4.78, 5) is 2.43. The summed E-state index contributed by atoms with van der Waals surface area (Å²) in [7, 11) is -20.0. The highest BCUT2D eigenvalue weighted by Crippen LogP contribution is 2.47. The zero-order valence-electron chi connectivity index (χ0n) is 50.7. The Kier molecular flexibility index (Phi) is 15.3. The molecule has 0 bridgehead atoms. The monoisotopic (exact) mass is 1360 g/mol. The van der Waals surface area contributed by atoms with Crippen LogP contribution in [0.5, 0.6) is 0 Å². The molecular formula is C69H60N6O12S6. The van der Waals surface area contributed by atoms with Gasteiger partial charge in [0.1, 0.15) is 0 Å². The van der Waals surface area contributed by atoms with Crippen molar-refractivity contribution >= 4 is 159 Å². The van der Waals surface area contributed by atoms with E-state index in [0.717, 1.165) is 81.7 Å². The van der Waals surface area contributed by atoms with Crippen LogP contribution in [0.3, 0.4) is 0 Å². The van der Waals surface area contributed by atoms with Crippen LogP contribution in [0.15, 0.2) is 248 Å². The third-order valence-corrected chi connectivity index (χ3v) is 26.8. The summed E-state index contributed by atoms with van der Waals surface area (Å²) < 4.78 is 156. The van der Waals surface area contributed by atoms with Gasteiger partial charge in [-0.15, -0.1) is 0 Å². The summed E-state index contributed by atoms with van der Waals surface area (Å²) in [6.07, 6.45) is 0. The summed E-state index contributed by atoms with van der Waals surface area (Å²) in [6, 6.07) is 65.7. The van der Waals surface area contributed by atoms with Gasteiger partial charge in [-0.2, -0.15) is 0 Å². The topological polar surface area (TPSA) is 251 Å². The van der Waals surface area contributed by atoms with Gasteiger partial charge in [0.2, 0.25) is 0 Å². The number of nitrogens with one attached hydrogen (secondary N) is 3. The molecule has 0 saturated heterocycles. The normalized spacial score (nSPS) is 16.9. The Morgan fingerprint density at radius 3 is 0.634 bits per heavy atom. The number of nitrogens with zero attached hydrogens (tertiary/aromatic N) is 3. The van der Waals surface area contributed by atoms with E-state index in [-0.39, 0.29) is 18.1 Å². The fraction of sp³-hybridized carbons (Fsp3) is 0.130. The minimum absolute atomic E-state index is 0.0713. The minimum atomic E-state index is -3.36. The molecule has 0 saturated carbocycles. The van der Waals surface area contributed by atoms with E-state index < -0.39 is 60.1 Å². The molecule has 18 rings (SSSR count). The van der Waals surface area contributed by atoms with Gasteiger partial charge in [0.15, 0.2) is 0 Å². The van der Waals surface area contributed by atoms with Crippen molar-refractivity contribution in [2.45, 2.75) is 89.0 Å². The van der Waals surface area contributed by atoms with Gasteiger partial charge < -0.3 is 0 Å². The van der Waals surface area contributed by atoms with E-state index in [2.05, 4.69) is 14.2 Å². The second-order valence-corrected chi connectivity index (χ2v) is 33.7. The van der Waals surface area contributed by atoms with Crippen LogP contribution in [0.25, 0.3) is 64.6 Å². The molecule has 0 radical (unpaired) electrons. The van der Waals surface area contributed by atoms with Gasteiger partial charge in [0.25, 0.3) is 60.1 Å². The summed E-state index contributed by atoms with van der Waals surface area (Å²) in [5, 5.41) is 10.7. The molecule has 24 heteroatoms. The van der Waals surface area contributed by atoms with Gasteiger partial charge in [-0.25, -0.2) is 50.5 Å². The molecule has 0 aromatic heterocycles. The van der Waals surface area contributed by atoms with E-state index in [1.165, 1.54) is 12.9 Å². The summed E-state index contributed by atoms with van der Waals surface area (Å²) in [5.74, 6) is 0. The number of benzene rings is 12. The molecule has 6 aliphatic rings. The fourth-order valence-corrected chi connectivity index (χ4v) is 22.6. The van der Waals surface area contributed by atoms with Crippen LogP contribution in [0.2, 0.25) is 0 Å². The largest absolute Gasteiger partial charge is 0.279 e. The molecule has 0 unspecified atom stereocenters. The Labute approximate surface area is 540 Å². The van der Waals surface area contributed by atoms with Crippen molar-refractivity contribution in [1.29, 1.82) is 0 Å². The molecule has 474 valence electrons. The first-order chi connectivity index (χ1) is 44.1. The lowest BCUT2D eigenvalue weighted by Crippen LogP contribution is -2.33. The van der Waals surface area contributed by atoms with Crippen LogP contribution >= 0.6 is 0 Å². The van der Waals surface area contributed by atoms with E-state index in [1.54, 1.807) is 91.0 Å². The predicted molar refractivity (Wildman–Crippen MR) is 371 cm³/mol. The van der Waals surface area contributed by atoms with Crippen molar-refractivity contribution in [1.82, 2.24) is 0 Å². The second-order valence-electron chi connectivity index (χ2n) is 23.4. The number of anilines is 6. The van der Waals surface area contributed by atoms with Crippen LogP contribution in [0.4, 0.5) is 34.1 Å². The Morgan fingerprint density at radius 2 is 0.419 bits per heavy atom. The van der Waals surface area contributed by atoms with Gasteiger partial charge in [0, 0.05) is 50.4 Å². The van der Waals surface area contributed by atoms with Crippen molar-refractivity contribution in [3.05, 3.63) is 218 Å². The lowest BCUT2D eigenvalue weighted by Gasteiger charge is -2.22. The maximum atomic E-state index is 12.4. The average Bonchev–Trinajstić information content (AvgIpc) is 1.58. The molecule has 0 atom stereocenters. The zero-order chi connectivity index (χ0) is 65.9. The van der Waals surface area contributed by atoms with Gasteiger partial charge in [-0.3, -0.25) is 27.1 Å². The Balaban J connectivity index is 0.000000102. The summed E-state index contributed by atoms with van der Waals surface area (Å²) in [6.45, 7) is 11.3. The smallest absolute Gasteiger partial charge is 0.265 e. The van der Waals surface area contributed by atoms with Crippen molar-refractivity contribution in [3.63, 3.8) is 0 Å². The predicted octanol–water partition coefficient (Wildman–Crippen LogP) is 14.1. The average molecular weight is 1360 g/mol. The molecule has 0 aliphatic carbocycles. The second kappa shape index (κ2) is 22.8. The van der Waals surface area contributed by atoms with Crippen LogP contribution in [0, 0.1) is 0 Å². The zero-order valence-corrected chi connectivity index (χ0v) is 55.6. The number of hydrogen-bond donors (Lipinski definition) is 3. The molecule has 0 amide bonds. The Hall–Kier alpha value is -9.30. The van der Waals surface area contributed by atoms with Gasteiger partial charge in [-0.05, 0) is 147 Å². The van der Waals surface area contributed by atoms with Crippen LogP contribution in [-0.2, 0) is 60.1 Å². The minimum Gasteiger partial charge on any atom is -0.279 e. The van der Waals surface area contributed by atoms with E-state index in [4.69, 9.17) is 0 Å². The van der Waals surface area contributed by atoms with Crippen molar-refractivity contribution < 1.29 is 50.5 Å². The van der Waals surface area contributed by atoms with E-state index in [1.807, 2.05) is 169 Å². The number of rotatable bonds is 3. The Morgan fingerprint density at radius 1 is 0.237 bits per heavy atom. The number of sulfonamides is 6. The Bertz CT molecular complexity index is 5270. The highest BCUT2D eigenvalue weighted by molar-refractivity contribution is 7.95. The molecular weight excluding hydrogens is 1300 g/mol. The van der Waals surface area contributed by atoms with Crippen molar-refractivity contribution in [2.24, 2.45) is 0 Å². The molecule has 6 aliphatic heterocycles. The molecule has 12 aromatic carbocycles. The molecule has 12 aromatic rings. The van der Waals surface area contributed by atoms with Crippen LogP contribution in [0.1, 0.15) is 41.5 Å². The van der Waals surface area contributed by atoms with Crippen LogP contribution < -0.4 is 27.1 Å². The van der Waals surface area contributed by atoms with Crippen LogP contribution in [-0.4, -0.2) is 68.6 Å².